The van der Waals surface area contributed by atoms with Gasteiger partial charge in [-0.3, -0.25) is 4.79 Å². The van der Waals surface area contributed by atoms with Gasteiger partial charge in [0.25, 0.3) is 5.91 Å². The predicted molar refractivity (Wildman–Crippen MR) is 72.0 cm³/mol. The van der Waals surface area contributed by atoms with Crippen LogP contribution in [0.3, 0.4) is 0 Å². The second-order valence-electron chi connectivity index (χ2n) is 4.07. The largest absolute Gasteiger partial charge is 0.343 e. The zero-order valence-corrected chi connectivity index (χ0v) is 12.2. The molecule has 1 aliphatic heterocycles. The molecule has 0 aromatic carbocycles. The van der Waals surface area contributed by atoms with Crippen LogP contribution in [-0.2, 0) is 16.4 Å². The lowest BCUT2D eigenvalue weighted by molar-refractivity contribution is 0.0938. The van der Waals surface area contributed by atoms with Crippen molar-refractivity contribution in [3.63, 3.8) is 0 Å². The van der Waals surface area contributed by atoms with E-state index in [4.69, 9.17) is 0 Å². The van der Waals surface area contributed by atoms with Crippen LogP contribution in [0, 0.1) is 0 Å². The molecule has 2 heterocycles. The minimum atomic E-state index is -3.15. The molecule has 1 aromatic heterocycles. The summed E-state index contributed by atoms with van der Waals surface area (Å²) in [6, 6.07) is 1.27. The lowest BCUT2D eigenvalue weighted by atomic mass is 10.3. The average molecular weight is 333 g/mol. The van der Waals surface area contributed by atoms with Crippen molar-refractivity contribution in [3.8, 4) is 0 Å². The number of nitrogens with zero attached hydrogens (tertiary/aromatic N) is 1. The molecule has 1 unspecified atom stereocenters. The van der Waals surface area contributed by atoms with E-state index in [-0.39, 0.29) is 11.7 Å². The Morgan fingerprint density at radius 3 is 2.89 bits per heavy atom. The summed E-state index contributed by atoms with van der Waals surface area (Å²) in [6.07, 6.45) is 3.32. The molecule has 0 fully saturated rings. The Morgan fingerprint density at radius 1 is 1.61 bits per heavy atom. The molecule has 1 aliphatic rings. The topological polar surface area (TPSA) is 68.2 Å². The first-order valence-electron chi connectivity index (χ1n) is 5.49. The second kappa shape index (κ2) is 4.89. The van der Waals surface area contributed by atoms with E-state index in [1.807, 2.05) is 13.1 Å². The molecular formula is C11H13BrN2O3S. The molecule has 18 heavy (non-hydrogen) atoms. The molecular weight excluding hydrogens is 320 g/mol. The predicted octanol–water partition coefficient (Wildman–Crippen LogP) is 1.31. The van der Waals surface area contributed by atoms with Crippen LogP contribution in [0.5, 0.6) is 0 Å². The SMILES string of the molecule is CCn1cc(Br)cc1C(=O)NC1C=CS(=O)(=O)C1. The van der Waals surface area contributed by atoms with Crippen LogP contribution in [0.1, 0.15) is 17.4 Å². The first-order valence-corrected chi connectivity index (χ1v) is 7.99. The van der Waals surface area contributed by atoms with Crippen LogP contribution in [0.2, 0.25) is 0 Å². The van der Waals surface area contributed by atoms with Crippen molar-refractivity contribution >= 4 is 31.7 Å². The van der Waals surface area contributed by atoms with Crippen LogP contribution in [0.4, 0.5) is 0 Å². The van der Waals surface area contributed by atoms with E-state index < -0.39 is 15.9 Å². The Bertz CT molecular complexity index is 604. The van der Waals surface area contributed by atoms with Crippen molar-refractivity contribution in [2.75, 3.05) is 5.75 Å². The Morgan fingerprint density at radius 2 is 2.33 bits per heavy atom. The minimum absolute atomic E-state index is 0.0628. The highest BCUT2D eigenvalue weighted by atomic mass is 79.9. The van der Waals surface area contributed by atoms with Crippen molar-refractivity contribution in [2.24, 2.45) is 0 Å². The standard InChI is InChI=1S/C11H13BrN2O3S/c1-2-14-6-8(12)5-10(14)11(15)13-9-3-4-18(16,17)7-9/h3-6,9H,2,7H2,1H3,(H,13,15). The number of rotatable bonds is 3. The van der Waals surface area contributed by atoms with Crippen molar-refractivity contribution in [3.05, 3.63) is 33.9 Å². The van der Waals surface area contributed by atoms with E-state index in [1.165, 1.54) is 6.08 Å². The summed E-state index contributed by atoms with van der Waals surface area (Å²) in [5.41, 5.74) is 0.516. The van der Waals surface area contributed by atoms with Crippen molar-refractivity contribution < 1.29 is 13.2 Å². The highest BCUT2D eigenvalue weighted by Crippen LogP contribution is 2.16. The number of hydrogen-bond donors (Lipinski definition) is 1. The van der Waals surface area contributed by atoms with Crippen LogP contribution in [-0.4, -0.2) is 30.7 Å². The van der Waals surface area contributed by atoms with Gasteiger partial charge in [0, 0.05) is 22.6 Å². The van der Waals surface area contributed by atoms with Crippen LogP contribution < -0.4 is 5.32 Å². The van der Waals surface area contributed by atoms with Crippen molar-refractivity contribution in [1.29, 1.82) is 0 Å². The Balaban J connectivity index is 2.11. The maximum atomic E-state index is 12.0. The summed E-state index contributed by atoms with van der Waals surface area (Å²) in [5.74, 6) is -0.332. The van der Waals surface area contributed by atoms with E-state index in [0.29, 0.717) is 12.2 Å². The number of aromatic nitrogens is 1. The number of carbonyl (C=O) groups excluding carboxylic acids is 1. The normalized spacial score (nSPS) is 21.1. The molecule has 1 amide bonds. The molecule has 0 aliphatic carbocycles. The van der Waals surface area contributed by atoms with Gasteiger partial charge in [-0.15, -0.1) is 0 Å². The van der Waals surface area contributed by atoms with Crippen LogP contribution >= 0.6 is 15.9 Å². The molecule has 0 bridgehead atoms. The van der Waals surface area contributed by atoms with Gasteiger partial charge in [-0.05, 0) is 35.0 Å². The molecule has 1 N–H and O–H groups in total. The number of carbonyl (C=O) groups is 1. The first-order chi connectivity index (χ1) is 8.41. The zero-order chi connectivity index (χ0) is 13.3. The summed E-state index contributed by atoms with van der Waals surface area (Å²) in [5, 5.41) is 3.84. The maximum Gasteiger partial charge on any atom is 0.268 e. The number of nitrogens with one attached hydrogen (secondary N) is 1. The number of amides is 1. The molecule has 7 heteroatoms. The Hall–Kier alpha value is -1.08. The van der Waals surface area contributed by atoms with E-state index >= 15 is 0 Å². The fourth-order valence-electron chi connectivity index (χ4n) is 1.83. The smallest absolute Gasteiger partial charge is 0.268 e. The van der Waals surface area contributed by atoms with E-state index in [9.17, 15) is 13.2 Å². The number of hydrogen-bond acceptors (Lipinski definition) is 3. The Kier molecular flexibility index (Phi) is 3.63. The molecule has 0 saturated heterocycles. The van der Waals surface area contributed by atoms with Gasteiger partial charge in [-0.25, -0.2) is 8.42 Å². The lowest BCUT2D eigenvalue weighted by Crippen LogP contribution is -2.36. The fraction of sp³-hybridized carbons (Fsp3) is 0.364. The van der Waals surface area contributed by atoms with Gasteiger partial charge in [-0.2, -0.15) is 0 Å². The van der Waals surface area contributed by atoms with Crippen molar-refractivity contribution in [2.45, 2.75) is 19.5 Å². The van der Waals surface area contributed by atoms with E-state index in [1.54, 1.807) is 10.6 Å². The zero-order valence-electron chi connectivity index (χ0n) is 9.76. The van der Waals surface area contributed by atoms with E-state index in [0.717, 1.165) is 9.88 Å². The summed E-state index contributed by atoms with van der Waals surface area (Å²) in [7, 11) is -3.15. The van der Waals surface area contributed by atoms with Gasteiger partial charge >= 0.3 is 0 Å². The number of aryl methyl sites for hydroxylation is 1. The molecule has 0 saturated carbocycles. The summed E-state index contributed by atoms with van der Waals surface area (Å²) in [6.45, 7) is 2.61. The minimum Gasteiger partial charge on any atom is -0.343 e. The highest BCUT2D eigenvalue weighted by Gasteiger charge is 2.24. The summed E-state index contributed by atoms with van der Waals surface area (Å²) in [4.78, 5) is 12.0. The average Bonchev–Trinajstić information content (AvgIpc) is 2.81. The molecule has 0 spiro atoms. The van der Waals surface area contributed by atoms with Gasteiger partial charge in [0.1, 0.15) is 5.69 Å². The van der Waals surface area contributed by atoms with Gasteiger partial charge in [0.05, 0.1) is 11.8 Å². The first kappa shape index (κ1) is 13.4. The highest BCUT2D eigenvalue weighted by molar-refractivity contribution is 9.10. The second-order valence-corrected chi connectivity index (χ2v) is 6.91. The molecule has 98 valence electrons. The summed E-state index contributed by atoms with van der Waals surface area (Å²) < 4.78 is 25.1. The monoisotopic (exact) mass is 332 g/mol. The summed E-state index contributed by atoms with van der Waals surface area (Å²) >= 11 is 3.31. The third-order valence-electron chi connectivity index (χ3n) is 2.68. The van der Waals surface area contributed by atoms with Gasteiger partial charge in [0.2, 0.25) is 0 Å². The van der Waals surface area contributed by atoms with Gasteiger partial charge in [-0.1, -0.05) is 0 Å². The third kappa shape index (κ3) is 2.84. The fourth-order valence-corrected chi connectivity index (χ4v) is 3.53. The van der Waals surface area contributed by atoms with Crippen LogP contribution in [0.25, 0.3) is 0 Å². The number of sulfone groups is 1. The van der Waals surface area contributed by atoms with Crippen molar-refractivity contribution in [1.82, 2.24) is 9.88 Å². The lowest BCUT2D eigenvalue weighted by Gasteiger charge is -2.11. The van der Waals surface area contributed by atoms with E-state index in [2.05, 4.69) is 21.2 Å². The Labute approximate surface area is 114 Å². The van der Waals surface area contributed by atoms with Gasteiger partial charge < -0.3 is 9.88 Å². The maximum absolute atomic E-state index is 12.0. The number of halogens is 1. The van der Waals surface area contributed by atoms with Gasteiger partial charge in [0.15, 0.2) is 9.84 Å². The van der Waals surface area contributed by atoms with Crippen LogP contribution in [0.15, 0.2) is 28.2 Å². The molecule has 2 rings (SSSR count). The third-order valence-corrected chi connectivity index (χ3v) is 4.51. The molecule has 0 radical (unpaired) electrons. The molecule has 1 atom stereocenters. The quantitative estimate of drug-likeness (QED) is 0.907. The molecule has 5 nitrogen and oxygen atoms in total. The molecule has 1 aromatic rings.